The number of alkyl carbamates (subject to hydrolysis) is 1. The summed E-state index contributed by atoms with van der Waals surface area (Å²) < 4.78 is 10.1. The predicted octanol–water partition coefficient (Wildman–Crippen LogP) is 4.69. The number of nitrogens with one attached hydrogen (secondary N) is 2. The van der Waals surface area contributed by atoms with E-state index in [1.807, 2.05) is 38.3 Å². The van der Waals surface area contributed by atoms with Gasteiger partial charge in [0.15, 0.2) is 0 Å². The first-order chi connectivity index (χ1) is 18.4. The second kappa shape index (κ2) is 17.0. The van der Waals surface area contributed by atoms with Crippen LogP contribution in [-0.2, 0) is 23.9 Å². The van der Waals surface area contributed by atoms with Crippen molar-refractivity contribution in [3.63, 3.8) is 0 Å². The minimum Gasteiger partial charge on any atom is -0.468 e. The fourth-order valence-corrected chi connectivity index (χ4v) is 4.71. The Balaban J connectivity index is 3.56. The zero-order valence-corrected chi connectivity index (χ0v) is 25.7. The number of ether oxygens (including phenoxy) is 2. The fraction of sp³-hybridized carbons (Fsp3) is 0.655. The third-order valence-electron chi connectivity index (χ3n) is 6.15. The van der Waals surface area contributed by atoms with Crippen LogP contribution in [0.4, 0.5) is 4.79 Å². The van der Waals surface area contributed by atoms with Gasteiger partial charge in [-0.25, -0.2) is 4.79 Å². The van der Waals surface area contributed by atoms with E-state index in [9.17, 15) is 19.2 Å². The van der Waals surface area contributed by atoms with Crippen molar-refractivity contribution in [2.24, 2.45) is 0 Å². The smallest absolute Gasteiger partial charge is 0.408 e. The minimum absolute atomic E-state index is 0.314. The van der Waals surface area contributed by atoms with E-state index in [4.69, 9.17) is 9.47 Å². The van der Waals surface area contributed by atoms with Crippen LogP contribution in [0, 0.1) is 13.8 Å². The van der Waals surface area contributed by atoms with Gasteiger partial charge in [0, 0.05) is 6.54 Å². The van der Waals surface area contributed by atoms with Crippen molar-refractivity contribution in [2.45, 2.75) is 91.3 Å². The molecule has 1 rings (SSSR count). The summed E-state index contributed by atoms with van der Waals surface area (Å²) in [6.07, 6.45) is 5.20. The molecule has 0 aliphatic carbocycles. The first-order valence-electron chi connectivity index (χ1n) is 13.6. The predicted molar refractivity (Wildman–Crippen MR) is 156 cm³/mol. The van der Waals surface area contributed by atoms with Crippen LogP contribution in [0.15, 0.2) is 18.2 Å². The molecule has 9 nitrogen and oxygen atoms in total. The molecular formula is C29H47N3O6S. The number of nitrogens with zero attached hydrogens (tertiary/aromatic N) is 1. The van der Waals surface area contributed by atoms with Crippen molar-refractivity contribution in [3.05, 3.63) is 34.9 Å². The Morgan fingerprint density at radius 1 is 1.05 bits per heavy atom. The molecule has 0 aliphatic heterocycles. The standard InChI is InChI=1S/C29H47N3O6S/c1-9-10-11-12-17-32(27(35)22(16-18-39-8)31-28(36)38-29(4,5)6)25(26(34)30-19-23(33)37-7)24-20(2)14-13-15-21(24)3/h13-15,22,25H,9-12,16-19H2,1-8H3,(H,30,34)(H,31,36). The summed E-state index contributed by atoms with van der Waals surface area (Å²) in [5.74, 6) is -0.818. The number of carbonyl (C=O) groups excluding carboxylic acids is 4. The van der Waals surface area contributed by atoms with Crippen molar-refractivity contribution < 1.29 is 28.7 Å². The molecule has 0 heterocycles. The maximum absolute atomic E-state index is 14.2. The Kier molecular flexibility index (Phi) is 15.0. The SMILES string of the molecule is CCCCCCN(C(=O)C(CCSC)NC(=O)OC(C)(C)C)C(C(=O)NCC(=O)OC)c1c(C)cccc1C. The summed E-state index contributed by atoms with van der Waals surface area (Å²) in [5.41, 5.74) is 1.66. The lowest BCUT2D eigenvalue weighted by Crippen LogP contribution is -2.54. The number of benzene rings is 1. The van der Waals surface area contributed by atoms with E-state index in [-0.39, 0.29) is 12.5 Å². The normalized spacial score (nSPS) is 12.7. The van der Waals surface area contributed by atoms with Crippen LogP contribution in [0.1, 0.15) is 82.5 Å². The molecule has 2 atom stereocenters. The van der Waals surface area contributed by atoms with Crippen LogP contribution in [0.25, 0.3) is 0 Å². The summed E-state index contributed by atoms with van der Waals surface area (Å²) >= 11 is 1.56. The molecular weight excluding hydrogens is 518 g/mol. The molecule has 0 spiro atoms. The van der Waals surface area contributed by atoms with Gasteiger partial charge in [0.25, 0.3) is 0 Å². The van der Waals surface area contributed by atoms with Crippen molar-refractivity contribution in [3.8, 4) is 0 Å². The highest BCUT2D eigenvalue weighted by Gasteiger charge is 2.37. The molecule has 39 heavy (non-hydrogen) atoms. The van der Waals surface area contributed by atoms with E-state index in [2.05, 4.69) is 17.6 Å². The first-order valence-corrected chi connectivity index (χ1v) is 14.9. The molecule has 1 aromatic rings. The summed E-state index contributed by atoms with van der Waals surface area (Å²) in [6.45, 7) is 11.2. The van der Waals surface area contributed by atoms with Gasteiger partial charge in [0.2, 0.25) is 11.8 Å². The highest BCUT2D eigenvalue weighted by Crippen LogP contribution is 2.29. The average molecular weight is 566 g/mol. The molecule has 10 heteroatoms. The van der Waals surface area contributed by atoms with Gasteiger partial charge < -0.3 is 25.0 Å². The van der Waals surface area contributed by atoms with E-state index < -0.39 is 35.7 Å². The van der Waals surface area contributed by atoms with Crippen LogP contribution in [-0.4, -0.2) is 72.6 Å². The molecule has 0 aromatic heterocycles. The average Bonchev–Trinajstić information content (AvgIpc) is 2.86. The van der Waals surface area contributed by atoms with E-state index in [1.165, 1.54) is 7.11 Å². The van der Waals surface area contributed by atoms with Gasteiger partial charge in [-0.3, -0.25) is 14.4 Å². The quantitative estimate of drug-likeness (QED) is 0.234. The van der Waals surface area contributed by atoms with Gasteiger partial charge in [-0.1, -0.05) is 44.4 Å². The number of hydrogen-bond acceptors (Lipinski definition) is 7. The maximum atomic E-state index is 14.2. The van der Waals surface area contributed by atoms with E-state index in [0.29, 0.717) is 30.7 Å². The Labute approximate surface area is 238 Å². The molecule has 0 aliphatic rings. The number of rotatable bonds is 15. The van der Waals surface area contributed by atoms with Crippen LogP contribution in [0.3, 0.4) is 0 Å². The molecule has 0 bridgehead atoms. The van der Waals surface area contributed by atoms with Crippen molar-refractivity contribution >= 4 is 35.6 Å². The van der Waals surface area contributed by atoms with Crippen LogP contribution < -0.4 is 10.6 Å². The maximum Gasteiger partial charge on any atom is 0.408 e. The van der Waals surface area contributed by atoms with E-state index in [1.54, 1.807) is 37.4 Å². The lowest BCUT2D eigenvalue weighted by atomic mass is 9.93. The highest BCUT2D eigenvalue weighted by atomic mass is 32.2. The molecule has 2 N–H and O–H groups in total. The molecule has 0 radical (unpaired) electrons. The summed E-state index contributed by atoms with van der Waals surface area (Å²) in [7, 11) is 1.25. The zero-order valence-electron chi connectivity index (χ0n) is 24.8. The van der Waals surface area contributed by atoms with Gasteiger partial charge in [-0.2, -0.15) is 11.8 Å². The largest absolute Gasteiger partial charge is 0.468 e. The third kappa shape index (κ3) is 11.9. The number of carbonyl (C=O) groups is 4. The molecule has 0 fully saturated rings. The summed E-state index contributed by atoms with van der Waals surface area (Å²) in [6, 6.07) is 3.80. The van der Waals surface area contributed by atoms with Crippen molar-refractivity contribution in [1.29, 1.82) is 0 Å². The Morgan fingerprint density at radius 2 is 1.69 bits per heavy atom. The molecule has 0 saturated heterocycles. The van der Waals surface area contributed by atoms with Gasteiger partial charge >= 0.3 is 12.1 Å². The third-order valence-corrected chi connectivity index (χ3v) is 6.79. The van der Waals surface area contributed by atoms with Crippen LogP contribution in [0.5, 0.6) is 0 Å². The van der Waals surface area contributed by atoms with Gasteiger partial charge in [-0.15, -0.1) is 0 Å². The Bertz CT molecular complexity index is 943. The lowest BCUT2D eigenvalue weighted by Gasteiger charge is -2.36. The van der Waals surface area contributed by atoms with Gasteiger partial charge in [0.05, 0.1) is 7.11 Å². The molecule has 0 saturated carbocycles. The van der Waals surface area contributed by atoms with Gasteiger partial charge in [-0.05, 0) is 76.2 Å². The number of aryl methyl sites for hydroxylation is 2. The molecule has 2 unspecified atom stereocenters. The second-order valence-electron chi connectivity index (χ2n) is 10.6. The van der Waals surface area contributed by atoms with Crippen LogP contribution in [0.2, 0.25) is 0 Å². The number of unbranched alkanes of at least 4 members (excludes halogenated alkanes) is 3. The number of esters is 1. The summed E-state index contributed by atoms with van der Waals surface area (Å²) in [5, 5.41) is 5.41. The van der Waals surface area contributed by atoms with Crippen molar-refractivity contribution in [2.75, 3.05) is 32.2 Å². The second-order valence-corrected chi connectivity index (χ2v) is 11.6. The van der Waals surface area contributed by atoms with Gasteiger partial charge in [0.1, 0.15) is 24.2 Å². The fourth-order valence-electron chi connectivity index (χ4n) is 4.23. The molecule has 220 valence electrons. The topological polar surface area (TPSA) is 114 Å². The first kappa shape index (κ1) is 34.3. The zero-order chi connectivity index (χ0) is 29.6. The molecule has 3 amide bonds. The Morgan fingerprint density at radius 3 is 2.23 bits per heavy atom. The lowest BCUT2D eigenvalue weighted by molar-refractivity contribution is -0.144. The number of methoxy groups -OCH3 is 1. The van der Waals surface area contributed by atoms with E-state index >= 15 is 0 Å². The van der Waals surface area contributed by atoms with Crippen molar-refractivity contribution in [1.82, 2.24) is 15.5 Å². The summed E-state index contributed by atoms with van der Waals surface area (Å²) in [4.78, 5) is 54.0. The Hall–Kier alpha value is -2.75. The molecule has 1 aromatic carbocycles. The monoisotopic (exact) mass is 565 g/mol. The number of amides is 3. The van der Waals surface area contributed by atoms with Crippen LogP contribution >= 0.6 is 11.8 Å². The van der Waals surface area contributed by atoms with E-state index in [0.717, 1.165) is 30.4 Å². The minimum atomic E-state index is -0.998. The highest BCUT2D eigenvalue weighted by molar-refractivity contribution is 7.98. The number of hydrogen-bond donors (Lipinski definition) is 2. The number of thioether (sulfide) groups is 1.